The smallest absolute Gasteiger partial charge is 0.00760 e. The molecule has 1 aliphatic heterocycles. The largest absolute Gasteiger partial charge is 0.314 e. The molecule has 0 aromatic rings. The first-order valence-electron chi connectivity index (χ1n) is 5.92. The standard InChI is InChI=1S/C13H21N/c1-11-9-13(7-8-14-11)10-12-5-3-2-4-6-12/h2-3,10-12,14H,4-9H2,1H3/b13-10+. The lowest BCUT2D eigenvalue weighted by atomic mass is 9.89. The Morgan fingerprint density at radius 1 is 1.43 bits per heavy atom. The summed E-state index contributed by atoms with van der Waals surface area (Å²) in [5, 5.41) is 3.49. The zero-order valence-electron chi connectivity index (χ0n) is 9.13. The summed E-state index contributed by atoms with van der Waals surface area (Å²) < 4.78 is 0. The quantitative estimate of drug-likeness (QED) is 0.628. The fraction of sp³-hybridized carbons (Fsp3) is 0.692. The highest BCUT2D eigenvalue weighted by atomic mass is 14.9. The predicted molar refractivity (Wildman–Crippen MR) is 61.3 cm³/mol. The molecule has 1 nitrogen and oxygen atoms in total. The number of hydrogen-bond acceptors (Lipinski definition) is 1. The third-order valence-electron chi connectivity index (χ3n) is 3.29. The maximum atomic E-state index is 3.49. The molecule has 0 amide bonds. The van der Waals surface area contributed by atoms with E-state index in [0.29, 0.717) is 6.04 Å². The second kappa shape index (κ2) is 4.79. The van der Waals surface area contributed by atoms with Gasteiger partial charge >= 0.3 is 0 Å². The van der Waals surface area contributed by atoms with Gasteiger partial charge in [-0.15, -0.1) is 0 Å². The van der Waals surface area contributed by atoms with Crippen molar-refractivity contribution < 1.29 is 0 Å². The van der Waals surface area contributed by atoms with Crippen LogP contribution in [0.4, 0.5) is 0 Å². The van der Waals surface area contributed by atoms with Gasteiger partial charge in [-0.3, -0.25) is 0 Å². The van der Waals surface area contributed by atoms with Crippen molar-refractivity contribution in [1.82, 2.24) is 5.32 Å². The summed E-state index contributed by atoms with van der Waals surface area (Å²) in [5.41, 5.74) is 1.69. The molecule has 0 saturated carbocycles. The van der Waals surface area contributed by atoms with E-state index in [4.69, 9.17) is 0 Å². The zero-order valence-corrected chi connectivity index (χ0v) is 9.13. The summed E-state index contributed by atoms with van der Waals surface area (Å²) in [6, 6.07) is 0.689. The van der Waals surface area contributed by atoms with Crippen molar-refractivity contribution in [3.8, 4) is 0 Å². The van der Waals surface area contributed by atoms with E-state index >= 15 is 0 Å². The zero-order chi connectivity index (χ0) is 9.80. The number of rotatable bonds is 1. The van der Waals surface area contributed by atoms with Crippen LogP contribution in [0.5, 0.6) is 0 Å². The van der Waals surface area contributed by atoms with Crippen LogP contribution in [-0.2, 0) is 0 Å². The van der Waals surface area contributed by atoms with Crippen LogP contribution in [0.2, 0.25) is 0 Å². The van der Waals surface area contributed by atoms with Gasteiger partial charge < -0.3 is 5.32 Å². The van der Waals surface area contributed by atoms with Crippen LogP contribution < -0.4 is 5.32 Å². The molecule has 1 aliphatic carbocycles. The number of piperidine rings is 1. The molecular weight excluding hydrogens is 170 g/mol. The van der Waals surface area contributed by atoms with Gasteiger partial charge in [-0.2, -0.15) is 0 Å². The van der Waals surface area contributed by atoms with Crippen LogP contribution in [-0.4, -0.2) is 12.6 Å². The first-order chi connectivity index (χ1) is 6.84. The van der Waals surface area contributed by atoms with Crippen LogP contribution in [0.1, 0.15) is 39.0 Å². The van der Waals surface area contributed by atoms with Crippen LogP contribution in [0.25, 0.3) is 0 Å². The maximum absolute atomic E-state index is 3.49. The van der Waals surface area contributed by atoms with Crippen LogP contribution >= 0.6 is 0 Å². The van der Waals surface area contributed by atoms with Crippen molar-refractivity contribution in [1.29, 1.82) is 0 Å². The minimum absolute atomic E-state index is 0.689. The van der Waals surface area contributed by atoms with Gasteiger partial charge in [0.15, 0.2) is 0 Å². The maximum Gasteiger partial charge on any atom is 0.00760 e. The number of hydrogen-bond donors (Lipinski definition) is 1. The van der Waals surface area contributed by atoms with Gasteiger partial charge in [-0.05, 0) is 51.5 Å². The lowest BCUT2D eigenvalue weighted by Gasteiger charge is -2.24. The Hall–Kier alpha value is -0.560. The summed E-state index contributed by atoms with van der Waals surface area (Å²) in [5.74, 6) is 0.834. The minimum atomic E-state index is 0.689. The molecule has 14 heavy (non-hydrogen) atoms. The van der Waals surface area contributed by atoms with Gasteiger partial charge in [0.2, 0.25) is 0 Å². The fourth-order valence-electron chi connectivity index (χ4n) is 2.50. The minimum Gasteiger partial charge on any atom is -0.314 e. The van der Waals surface area contributed by atoms with E-state index in [1.165, 1.54) is 38.6 Å². The average molecular weight is 191 g/mol. The first-order valence-corrected chi connectivity index (χ1v) is 5.92. The number of nitrogens with one attached hydrogen (secondary N) is 1. The van der Waals surface area contributed by atoms with Gasteiger partial charge in [0, 0.05) is 6.04 Å². The van der Waals surface area contributed by atoms with Crippen molar-refractivity contribution in [3.63, 3.8) is 0 Å². The molecule has 0 spiro atoms. The highest BCUT2D eigenvalue weighted by molar-refractivity contribution is 5.11. The molecule has 0 radical (unpaired) electrons. The molecule has 1 heterocycles. The molecule has 1 heteroatoms. The van der Waals surface area contributed by atoms with Crippen LogP contribution in [0.3, 0.4) is 0 Å². The Labute approximate surface area is 87.3 Å². The summed E-state index contributed by atoms with van der Waals surface area (Å²) in [6.45, 7) is 3.46. The van der Waals surface area contributed by atoms with Crippen molar-refractivity contribution in [2.45, 2.75) is 45.1 Å². The van der Waals surface area contributed by atoms with Gasteiger partial charge in [-0.1, -0.05) is 23.8 Å². The van der Waals surface area contributed by atoms with Crippen LogP contribution in [0, 0.1) is 5.92 Å². The SMILES string of the molecule is CC1C/C(=C/C2CC=CCC2)CCN1. The van der Waals surface area contributed by atoms with Gasteiger partial charge in [0.1, 0.15) is 0 Å². The molecular formula is C13H21N. The Morgan fingerprint density at radius 3 is 3.07 bits per heavy atom. The molecule has 2 aliphatic rings. The predicted octanol–water partition coefficient (Wildman–Crippen LogP) is 3.04. The first kappa shape index (κ1) is 9.97. The second-order valence-corrected chi connectivity index (χ2v) is 4.68. The highest BCUT2D eigenvalue weighted by Crippen LogP contribution is 2.24. The Bertz CT molecular complexity index is 240. The third-order valence-corrected chi connectivity index (χ3v) is 3.29. The lowest BCUT2D eigenvalue weighted by molar-refractivity contribution is 0.483. The van der Waals surface area contributed by atoms with E-state index in [9.17, 15) is 0 Å². The van der Waals surface area contributed by atoms with Gasteiger partial charge in [-0.25, -0.2) is 0 Å². The van der Waals surface area contributed by atoms with Crippen molar-refractivity contribution in [2.24, 2.45) is 5.92 Å². The summed E-state index contributed by atoms with van der Waals surface area (Å²) in [7, 11) is 0. The molecule has 2 unspecified atom stereocenters. The van der Waals surface area contributed by atoms with Crippen molar-refractivity contribution >= 4 is 0 Å². The fourth-order valence-corrected chi connectivity index (χ4v) is 2.50. The second-order valence-electron chi connectivity index (χ2n) is 4.68. The molecule has 1 N–H and O–H groups in total. The topological polar surface area (TPSA) is 12.0 Å². The normalized spacial score (nSPS) is 36.2. The molecule has 0 aromatic heterocycles. The van der Waals surface area contributed by atoms with Gasteiger partial charge in [0.25, 0.3) is 0 Å². The summed E-state index contributed by atoms with van der Waals surface area (Å²) >= 11 is 0. The third kappa shape index (κ3) is 2.71. The molecule has 0 aromatic carbocycles. The van der Waals surface area contributed by atoms with E-state index in [1.54, 1.807) is 5.57 Å². The summed E-state index contributed by atoms with van der Waals surface area (Å²) in [4.78, 5) is 0. The Morgan fingerprint density at radius 2 is 2.36 bits per heavy atom. The van der Waals surface area contributed by atoms with E-state index in [0.717, 1.165) is 5.92 Å². The molecule has 1 saturated heterocycles. The Kier molecular flexibility index (Phi) is 3.41. The molecule has 0 bridgehead atoms. The Balaban J connectivity index is 1.91. The highest BCUT2D eigenvalue weighted by Gasteiger charge is 2.14. The molecule has 78 valence electrons. The van der Waals surface area contributed by atoms with Crippen molar-refractivity contribution in [2.75, 3.05) is 6.54 Å². The number of allylic oxidation sites excluding steroid dienone is 3. The van der Waals surface area contributed by atoms with Crippen LogP contribution in [0.15, 0.2) is 23.8 Å². The monoisotopic (exact) mass is 191 g/mol. The van der Waals surface area contributed by atoms with Crippen molar-refractivity contribution in [3.05, 3.63) is 23.8 Å². The molecule has 2 atom stereocenters. The van der Waals surface area contributed by atoms with E-state index in [-0.39, 0.29) is 0 Å². The van der Waals surface area contributed by atoms with E-state index in [1.807, 2.05) is 0 Å². The lowest BCUT2D eigenvalue weighted by Crippen LogP contribution is -2.32. The van der Waals surface area contributed by atoms with E-state index in [2.05, 4.69) is 30.5 Å². The summed E-state index contributed by atoms with van der Waals surface area (Å²) in [6.07, 6.45) is 13.7. The molecule has 1 fully saturated rings. The van der Waals surface area contributed by atoms with E-state index < -0.39 is 0 Å². The molecule has 2 rings (SSSR count). The average Bonchev–Trinajstić information content (AvgIpc) is 2.19. The van der Waals surface area contributed by atoms with Gasteiger partial charge in [0.05, 0.1) is 0 Å².